The normalized spacial score (nSPS) is 12.6. The van der Waals surface area contributed by atoms with Gasteiger partial charge in [-0.1, -0.05) is 84.4 Å². The standard InChI is InChI=1S/C33H32ClF4NO2S/c1-22(41-26-17-30(35)28(21-40)31(42)18-26)15-16-39(19-25-13-8-14-29(32(25)34)33(36,37)38)20-27(23-9-4-2-5-10-23)24-11-6-3-7-12-24/h2-14,17-18,22,27,40,42H,15-16,19-21H2,1H3. The van der Waals surface area contributed by atoms with E-state index in [9.17, 15) is 22.7 Å². The first-order chi connectivity index (χ1) is 20.1. The number of benzene rings is 4. The van der Waals surface area contributed by atoms with Gasteiger partial charge in [-0.15, -0.1) is 12.6 Å². The molecule has 0 bridgehead atoms. The molecule has 3 nitrogen and oxygen atoms in total. The van der Waals surface area contributed by atoms with E-state index in [2.05, 4.69) is 17.5 Å². The van der Waals surface area contributed by atoms with Crippen molar-refractivity contribution in [1.82, 2.24) is 4.90 Å². The molecule has 0 aliphatic heterocycles. The van der Waals surface area contributed by atoms with E-state index in [0.717, 1.165) is 17.2 Å². The Hall–Kier alpha value is -3.04. The number of rotatable bonds is 12. The van der Waals surface area contributed by atoms with Gasteiger partial charge in [0.2, 0.25) is 0 Å². The Kier molecular flexibility index (Phi) is 11.0. The summed E-state index contributed by atoms with van der Waals surface area (Å²) in [5.41, 5.74) is 1.76. The molecule has 4 rings (SSSR count). The fraction of sp³-hybridized carbons (Fsp3) is 0.273. The molecule has 0 aromatic heterocycles. The van der Waals surface area contributed by atoms with Crippen LogP contribution in [0.1, 0.15) is 47.1 Å². The quantitative estimate of drug-likeness (QED) is 0.123. The number of halogens is 5. The first kappa shape index (κ1) is 31.9. The molecular formula is C33H32ClF4NO2S. The fourth-order valence-corrected chi connectivity index (χ4v) is 5.50. The summed E-state index contributed by atoms with van der Waals surface area (Å²) in [5.74, 6) is -0.386. The second kappa shape index (κ2) is 14.4. The van der Waals surface area contributed by atoms with Crippen LogP contribution in [0.5, 0.6) is 5.75 Å². The van der Waals surface area contributed by atoms with E-state index in [-0.39, 0.29) is 39.8 Å². The lowest BCUT2D eigenvalue weighted by atomic mass is 9.90. The SMILES string of the molecule is CC(CCN(Cc1cccc(C(F)(F)F)c1Cl)CC(c1ccccc1)c1ccccc1)Oc1cc(F)c(CO)c(S)c1. The average molecular weight is 618 g/mol. The minimum absolute atomic E-state index is 0.0555. The number of thiol groups is 1. The first-order valence-electron chi connectivity index (χ1n) is 13.5. The molecule has 4 aromatic rings. The smallest absolute Gasteiger partial charge is 0.417 e. The maximum absolute atomic E-state index is 14.3. The van der Waals surface area contributed by atoms with Crippen LogP contribution in [0.4, 0.5) is 17.6 Å². The lowest BCUT2D eigenvalue weighted by Crippen LogP contribution is -2.32. The third kappa shape index (κ3) is 8.28. The predicted octanol–water partition coefficient (Wildman–Crippen LogP) is 8.77. The van der Waals surface area contributed by atoms with Gasteiger partial charge in [0.15, 0.2) is 0 Å². The zero-order valence-corrected chi connectivity index (χ0v) is 24.6. The minimum atomic E-state index is -4.57. The zero-order chi connectivity index (χ0) is 30.3. The molecule has 0 saturated carbocycles. The summed E-state index contributed by atoms with van der Waals surface area (Å²) in [4.78, 5) is 2.36. The van der Waals surface area contributed by atoms with Crippen LogP contribution in [0.15, 0.2) is 95.9 Å². The van der Waals surface area contributed by atoms with Gasteiger partial charge in [0.05, 0.1) is 23.3 Å². The van der Waals surface area contributed by atoms with Crippen molar-refractivity contribution in [3.8, 4) is 5.75 Å². The molecule has 0 spiro atoms. The summed E-state index contributed by atoms with van der Waals surface area (Å²) < 4.78 is 61.2. The van der Waals surface area contributed by atoms with Gasteiger partial charge in [-0.2, -0.15) is 13.2 Å². The number of hydrogen-bond acceptors (Lipinski definition) is 4. The molecule has 0 heterocycles. The Morgan fingerprint density at radius 3 is 2.10 bits per heavy atom. The van der Waals surface area contributed by atoms with Gasteiger partial charge < -0.3 is 9.84 Å². The molecule has 0 amide bonds. The number of alkyl halides is 3. The molecule has 0 saturated heterocycles. The van der Waals surface area contributed by atoms with Gasteiger partial charge in [-0.25, -0.2) is 4.39 Å². The molecule has 0 aliphatic carbocycles. The van der Waals surface area contributed by atoms with Crippen molar-refractivity contribution in [2.75, 3.05) is 13.1 Å². The first-order valence-corrected chi connectivity index (χ1v) is 14.3. The van der Waals surface area contributed by atoms with Gasteiger partial charge in [0.25, 0.3) is 0 Å². The van der Waals surface area contributed by atoms with Crippen molar-refractivity contribution in [3.05, 3.63) is 130 Å². The van der Waals surface area contributed by atoms with E-state index in [1.807, 2.05) is 67.6 Å². The Balaban J connectivity index is 1.60. The van der Waals surface area contributed by atoms with Gasteiger partial charge >= 0.3 is 6.18 Å². The van der Waals surface area contributed by atoms with E-state index in [0.29, 0.717) is 25.1 Å². The van der Waals surface area contributed by atoms with Gasteiger partial charge in [-0.05, 0) is 42.2 Å². The van der Waals surface area contributed by atoms with Crippen LogP contribution in [0.25, 0.3) is 0 Å². The van der Waals surface area contributed by atoms with Crippen molar-refractivity contribution in [1.29, 1.82) is 0 Å². The maximum Gasteiger partial charge on any atom is 0.417 e. The third-order valence-corrected chi connectivity index (χ3v) is 7.96. The zero-order valence-electron chi connectivity index (χ0n) is 23.0. The second-order valence-corrected chi connectivity index (χ2v) is 11.0. The second-order valence-electron chi connectivity index (χ2n) is 10.2. The van der Waals surface area contributed by atoms with Crippen LogP contribution in [-0.4, -0.2) is 29.2 Å². The number of nitrogens with zero attached hydrogens (tertiary/aromatic N) is 1. The Bertz CT molecular complexity index is 1390. The molecule has 0 radical (unpaired) electrons. The molecule has 1 N–H and O–H groups in total. The Morgan fingerprint density at radius 2 is 1.55 bits per heavy atom. The largest absolute Gasteiger partial charge is 0.491 e. The summed E-state index contributed by atoms with van der Waals surface area (Å²) in [7, 11) is 0. The highest BCUT2D eigenvalue weighted by atomic mass is 35.5. The van der Waals surface area contributed by atoms with Crippen molar-refractivity contribution < 1.29 is 27.4 Å². The van der Waals surface area contributed by atoms with Crippen molar-refractivity contribution in [3.63, 3.8) is 0 Å². The molecule has 1 unspecified atom stereocenters. The average Bonchev–Trinajstić information content (AvgIpc) is 2.95. The van der Waals surface area contributed by atoms with Crippen LogP contribution < -0.4 is 4.74 Å². The molecule has 0 fully saturated rings. The Morgan fingerprint density at radius 1 is 0.929 bits per heavy atom. The predicted molar refractivity (Wildman–Crippen MR) is 161 cm³/mol. The molecule has 4 aromatic carbocycles. The molecule has 9 heteroatoms. The van der Waals surface area contributed by atoms with Crippen molar-refractivity contribution >= 4 is 24.2 Å². The molecular weight excluding hydrogens is 586 g/mol. The van der Waals surface area contributed by atoms with Crippen LogP contribution in [0.2, 0.25) is 5.02 Å². The lowest BCUT2D eigenvalue weighted by molar-refractivity contribution is -0.137. The highest BCUT2D eigenvalue weighted by molar-refractivity contribution is 7.80. The van der Waals surface area contributed by atoms with E-state index in [1.54, 1.807) is 12.1 Å². The number of aliphatic hydroxyl groups excluding tert-OH is 1. The van der Waals surface area contributed by atoms with E-state index in [4.69, 9.17) is 16.3 Å². The molecule has 1 atom stereocenters. The van der Waals surface area contributed by atoms with Gasteiger partial charge in [0, 0.05) is 42.1 Å². The van der Waals surface area contributed by atoms with Gasteiger partial charge in [0.1, 0.15) is 11.6 Å². The summed E-state index contributed by atoms with van der Waals surface area (Å²) in [6, 6.07) is 26.6. The van der Waals surface area contributed by atoms with E-state index >= 15 is 0 Å². The number of hydrogen-bond donors (Lipinski definition) is 2. The summed E-state index contributed by atoms with van der Waals surface area (Å²) in [6.45, 7) is 2.53. The van der Waals surface area contributed by atoms with Crippen molar-refractivity contribution in [2.24, 2.45) is 0 Å². The van der Waals surface area contributed by atoms with Gasteiger partial charge in [-0.3, -0.25) is 4.90 Å². The van der Waals surface area contributed by atoms with Crippen LogP contribution in [0.3, 0.4) is 0 Å². The highest BCUT2D eigenvalue weighted by Gasteiger charge is 2.34. The van der Waals surface area contributed by atoms with E-state index in [1.165, 1.54) is 12.1 Å². The van der Waals surface area contributed by atoms with Crippen LogP contribution in [-0.2, 0) is 19.3 Å². The summed E-state index contributed by atoms with van der Waals surface area (Å²) in [6.07, 6.45) is -4.43. The highest BCUT2D eigenvalue weighted by Crippen LogP contribution is 2.37. The third-order valence-electron chi connectivity index (χ3n) is 7.12. The maximum atomic E-state index is 14.3. The topological polar surface area (TPSA) is 32.7 Å². The molecule has 0 aliphatic rings. The Labute approximate surface area is 254 Å². The summed E-state index contributed by atoms with van der Waals surface area (Å²) in [5, 5.41) is 9.04. The minimum Gasteiger partial charge on any atom is -0.491 e. The number of ether oxygens (including phenoxy) is 1. The fourth-order valence-electron chi connectivity index (χ4n) is 4.91. The lowest BCUT2D eigenvalue weighted by Gasteiger charge is -2.30. The monoisotopic (exact) mass is 617 g/mol. The summed E-state index contributed by atoms with van der Waals surface area (Å²) >= 11 is 10.5. The number of aliphatic hydroxyl groups is 1. The molecule has 222 valence electrons. The van der Waals surface area contributed by atoms with Crippen LogP contribution in [0, 0.1) is 5.82 Å². The van der Waals surface area contributed by atoms with Crippen molar-refractivity contribution in [2.45, 2.75) is 49.6 Å². The molecule has 42 heavy (non-hydrogen) atoms. The van der Waals surface area contributed by atoms with E-state index < -0.39 is 24.2 Å². The van der Waals surface area contributed by atoms with Crippen LogP contribution >= 0.6 is 24.2 Å².